The van der Waals surface area contributed by atoms with Gasteiger partial charge in [-0.25, -0.2) is 14.8 Å². The second-order valence-corrected chi connectivity index (χ2v) is 4.09. The molecule has 0 spiro atoms. The average molecular weight is 251 g/mol. The topological polar surface area (TPSA) is 84.3 Å². The number of nitrogens with one attached hydrogen (secondary N) is 1. The second-order valence-electron chi connectivity index (χ2n) is 4.09. The third-order valence-corrected chi connectivity index (χ3v) is 2.86. The minimum atomic E-state index is -0.979. The Morgan fingerprint density at radius 3 is 3.06 bits per heavy atom. The molecule has 98 valence electrons. The van der Waals surface area contributed by atoms with Crippen LogP contribution in [0.3, 0.4) is 0 Å². The quantitative estimate of drug-likeness (QED) is 0.737. The summed E-state index contributed by atoms with van der Waals surface area (Å²) in [5, 5.41) is 12.4. The molecule has 2 N–H and O–H groups in total. The number of ether oxygens (including phenoxy) is 1. The number of carboxylic acids is 1. The predicted molar refractivity (Wildman–Crippen MR) is 64.6 cm³/mol. The Bertz CT molecular complexity index is 448. The summed E-state index contributed by atoms with van der Waals surface area (Å²) >= 11 is 0. The molecule has 0 atom stereocenters. The molecule has 2 heterocycles. The fourth-order valence-corrected chi connectivity index (χ4v) is 2.01. The first kappa shape index (κ1) is 12.9. The maximum absolute atomic E-state index is 11.2. The molecule has 0 unspecified atom stereocenters. The van der Waals surface area contributed by atoms with Crippen molar-refractivity contribution < 1.29 is 14.6 Å². The molecule has 0 saturated carbocycles. The third kappa shape index (κ3) is 2.83. The first-order chi connectivity index (χ1) is 8.72. The number of aromatic carboxylic acids is 1. The molecule has 6 nitrogen and oxygen atoms in total. The summed E-state index contributed by atoms with van der Waals surface area (Å²) < 4.78 is 5.24. The van der Waals surface area contributed by atoms with Gasteiger partial charge in [0.2, 0.25) is 0 Å². The van der Waals surface area contributed by atoms with Gasteiger partial charge in [0.05, 0.1) is 12.3 Å². The van der Waals surface area contributed by atoms with Crippen LogP contribution in [0.2, 0.25) is 0 Å². The normalized spacial score (nSPS) is 14.3. The zero-order valence-corrected chi connectivity index (χ0v) is 10.4. The maximum atomic E-state index is 11.2. The molecule has 0 bridgehead atoms. The van der Waals surface area contributed by atoms with Crippen molar-refractivity contribution in [3.05, 3.63) is 22.8 Å². The highest BCUT2D eigenvalue weighted by Gasteiger charge is 2.21. The molecular formula is C12H17N3O3. The van der Waals surface area contributed by atoms with Crippen LogP contribution >= 0.6 is 0 Å². The van der Waals surface area contributed by atoms with Gasteiger partial charge in [0.25, 0.3) is 0 Å². The molecule has 1 aromatic rings. The molecule has 0 radical (unpaired) electrons. The smallest absolute Gasteiger partial charge is 0.354 e. The summed E-state index contributed by atoms with van der Waals surface area (Å²) in [7, 11) is 0. The van der Waals surface area contributed by atoms with E-state index in [2.05, 4.69) is 15.3 Å². The summed E-state index contributed by atoms with van der Waals surface area (Å²) in [6.07, 6.45) is 1.21. The summed E-state index contributed by atoms with van der Waals surface area (Å²) in [6, 6.07) is 0. The lowest BCUT2D eigenvalue weighted by Crippen LogP contribution is -2.28. The van der Waals surface area contributed by atoms with E-state index in [0.717, 1.165) is 17.8 Å². The molecule has 6 heteroatoms. The van der Waals surface area contributed by atoms with Crippen molar-refractivity contribution in [3.8, 4) is 0 Å². The van der Waals surface area contributed by atoms with Gasteiger partial charge >= 0.3 is 5.97 Å². The maximum Gasteiger partial charge on any atom is 0.354 e. The lowest BCUT2D eigenvalue weighted by molar-refractivity contribution is 0.0687. The fraction of sp³-hybridized carbons (Fsp3) is 0.583. The van der Waals surface area contributed by atoms with Gasteiger partial charge in [-0.15, -0.1) is 0 Å². The molecule has 0 aromatic carbocycles. The van der Waals surface area contributed by atoms with Gasteiger partial charge in [0.1, 0.15) is 5.82 Å². The molecule has 2 rings (SSSR count). The van der Waals surface area contributed by atoms with Crippen molar-refractivity contribution in [3.63, 3.8) is 0 Å². The molecule has 18 heavy (non-hydrogen) atoms. The minimum absolute atomic E-state index is 0.146. The lowest BCUT2D eigenvalue weighted by atomic mass is 10.0. The van der Waals surface area contributed by atoms with E-state index < -0.39 is 5.97 Å². The van der Waals surface area contributed by atoms with Crippen LogP contribution < -0.4 is 5.32 Å². The molecular weight excluding hydrogens is 234 g/mol. The molecule has 0 aliphatic carbocycles. The van der Waals surface area contributed by atoms with Crippen molar-refractivity contribution in [2.45, 2.75) is 26.3 Å². The van der Waals surface area contributed by atoms with Crippen LogP contribution in [0.15, 0.2) is 0 Å². The van der Waals surface area contributed by atoms with E-state index in [9.17, 15) is 9.90 Å². The van der Waals surface area contributed by atoms with Crippen LogP contribution in [0.25, 0.3) is 0 Å². The van der Waals surface area contributed by atoms with Gasteiger partial charge in [-0.2, -0.15) is 0 Å². The molecule has 0 saturated heterocycles. The standard InChI is InChI=1S/C12H17N3O3/c1-2-18-6-4-10-14-9-7-13-5-3-8(9)11(15-10)12(16)17/h13H,2-7H2,1H3,(H,16,17). The number of carboxylic acid groups (broad SMARTS) is 1. The lowest BCUT2D eigenvalue weighted by Gasteiger charge is -2.18. The van der Waals surface area contributed by atoms with Crippen molar-refractivity contribution in [1.82, 2.24) is 15.3 Å². The van der Waals surface area contributed by atoms with Gasteiger partial charge in [-0.1, -0.05) is 0 Å². The van der Waals surface area contributed by atoms with Gasteiger partial charge < -0.3 is 15.2 Å². The first-order valence-corrected chi connectivity index (χ1v) is 6.12. The van der Waals surface area contributed by atoms with Gasteiger partial charge in [-0.05, 0) is 19.9 Å². The Labute approximate surface area is 105 Å². The molecule has 1 aliphatic heterocycles. The molecule has 0 fully saturated rings. The zero-order chi connectivity index (χ0) is 13.0. The summed E-state index contributed by atoms with van der Waals surface area (Å²) in [5.74, 6) is -0.434. The Balaban J connectivity index is 2.26. The molecule has 1 aromatic heterocycles. The summed E-state index contributed by atoms with van der Waals surface area (Å²) in [6.45, 7) is 4.45. The van der Waals surface area contributed by atoms with Gasteiger partial charge in [0.15, 0.2) is 5.69 Å². The predicted octanol–water partition coefficient (Wildman–Crippen LogP) is 0.400. The second kappa shape index (κ2) is 5.88. The van der Waals surface area contributed by atoms with E-state index in [1.165, 1.54) is 0 Å². The largest absolute Gasteiger partial charge is 0.477 e. The number of fused-ring (bicyclic) bond motifs is 1. The van der Waals surface area contributed by atoms with E-state index in [0.29, 0.717) is 38.4 Å². The average Bonchev–Trinajstić information content (AvgIpc) is 2.38. The molecule has 1 aliphatic rings. The number of rotatable bonds is 5. The van der Waals surface area contributed by atoms with Crippen molar-refractivity contribution in [2.75, 3.05) is 19.8 Å². The minimum Gasteiger partial charge on any atom is -0.477 e. The van der Waals surface area contributed by atoms with Crippen LogP contribution in [-0.4, -0.2) is 40.8 Å². The Hall–Kier alpha value is -1.53. The fourth-order valence-electron chi connectivity index (χ4n) is 2.01. The van der Waals surface area contributed by atoms with E-state index in [1.807, 2.05) is 6.92 Å². The van der Waals surface area contributed by atoms with Gasteiger partial charge in [-0.3, -0.25) is 0 Å². The van der Waals surface area contributed by atoms with E-state index in [-0.39, 0.29) is 5.69 Å². The Kier molecular flexibility index (Phi) is 4.22. The summed E-state index contributed by atoms with van der Waals surface area (Å²) in [5.41, 5.74) is 1.72. The van der Waals surface area contributed by atoms with Crippen LogP contribution in [0.4, 0.5) is 0 Å². The Morgan fingerprint density at radius 2 is 2.33 bits per heavy atom. The number of hydrogen-bond donors (Lipinski definition) is 2. The SMILES string of the molecule is CCOCCc1nc2c(c(C(=O)O)n1)CCNC2. The van der Waals surface area contributed by atoms with Crippen LogP contribution in [0, 0.1) is 0 Å². The van der Waals surface area contributed by atoms with Crippen LogP contribution in [0.5, 0.6) is 0 Å². The van der Waals surface area contributed by atoms with E-state index in [1.54, 1.807) is 0 Å². The third-order valence-electron chi connectivity index (χ3n) is 2.86. The van der Waals surface area contributed by atoms with Crippen LogP contribution in [-0.2, 0) is 24.1 Å². The van der Waals surface area contributed by atoms with Crippen molar-refractivity contribution in [1.29, 1.82) is 0 Å². The van der Waals surface area contributed by atoms with Crippen LogP contribution in [0.1, 0.15) is 34.5 Å². The molecule has 0 amide bonds. The van der Waals surface area contributed by atoms with E-state index in [4.69, 9.17) is 4.74 Å². The van der Waals surface area contributed by atoms with Gasteiger partial charge in [0, 0.05) is 25.1 Å². The monoisotopic (exact) mass is 251 g/mol. The number of carbonyl (C=O) groups is 1. The first-order valence-electron chi connectivity index (χ1n) is 6.12. The zero-order valence-electron chi connectivity index (χ0n) is 10.4. The highest BCUT2D eigenvalue weighted by Crippen LogP contribution is 2.16. The van der Waals surface area contributed by atoms with E-state index >= 15 is 0 Å². The highest BCUT2D eigenvalue weighted by atomic mass is 16.5. The summed E-state index contributed by atoms with van der Waals surface area (Å²) in [4.78, 5) is 19.8. The van der Waals surface area contributed by atoms with Crippen molar-refractivity contribution in [2.24, 2.45) is 0 Å². The van der Waals surface area contributed by atoms with Crippen molar-refractivity contribution >= 4 is 5.97 Å². The highest BCUT2D eigenvalue weighted by molar-refractivity contribution is 5.87. The number of hydrogen-bond acceptors (Lipinski definition) is 5. The number of aromatic nitrogens is 2. The Morgan fingerprint density at radius 1 is 1.50 bits per heavy atom. The number of nitrogens with zero attached hydrogens (tertiary/aromatic N) is 2.